The maximum Gasteiger partial charge on any atom is 0.260 e. The van der Waals surface area contributed by atoms with E-state index in [1.165, 1.54) is 34.4 Å². The Morgan fingerprint density at radius 3 is 2.94 bits per heavy atom. The molecule has 0 aliphatic carbocycles. The predicted molar refractivity (Wildman–Crippen MR) is 128 cm³/mol. The van der Waals surface area contributed by atoms with E-state index in [0.29, 0.717) is 20.5 Å². The number of aromatic nitrogens is 4. The molecule has 1 atom stereocenters. The van der Waals surface area contributed by atoms with Crippen LogP contribution in [0, 0.1) is 6.92 Å². The van der Waals surface area contributed by atoms with Gasteiger partial charge in [0, 0.05) is 17.6 Å². The second-order valence-electron chi connectivity index (χ2n) is 7.35. The second-order valence-corrected chi connectivity index (χ2v) is 10.2. The van der Waals surface area contributed by atoms with Gasteiger partial charge >= 0.3 is 0 Å². The van der Waals surface area contributed by atoms with Crippen LogP contribution in [0.3, 0.4) is 0 Å². The average Bonchev–Trinajstić information content (AvgIpc) is 3.53. The number of thioether (sulfide) groups is 1. The standard InChI is InChI=1S/C21H19N5O3S3/c1-11-4-6-12(7-5-11)13-9-30-19-16(13)17(28)23-20(24-19)31-10-15(27)22-21-26-25-18(32-21)14-3-2-8-29-14/h4-7,9,14H,2-3,8,10H2,1H3,(H,22,26,27)(H,23,24,28). The van der Waals surface area contributed by atoms with Crippen molar-refractivity contribution in [1.29, 1.82) is 0 Å². The van der Waals surface area contributed by atoms with Gasteiger partial charge in [0.15, 0.2) is 5.16 Å². The van der Waals surface area contributed by atoms with E-state index in [2.05, 4.69) is 25.5 Å². The Morgan fingerprint density at radius 1 is 1.31 bits per heavy atom. The normalized spacial score (nSPS) is 16.0. The molecule has 0 saturated carbocycles. The number of H-pyrrole nitrogens is 1. The molecule has 32 heavy (non-hydrogen) atoms. The number of amides is 1. The first-order chi connectivity index (χ1) is 15.6. The molecule has 1 fully saturated rings. The van der Waals surface area contributed by atoms with Gasteiger partial charge in [0.1, 0.15) is 15.9 Å². The van der Waals surface area contributed by atoms with Crippen molar-refractivity contribution in [3.05, 3.63) is 50.6 Å². The van der Waals surface area contributed by atoms with Crippen LogP contribution in [0.15, 0.2) is 39.6 Å². The molecule has 4 heterocycles. The molecule has 1 aliphatic rings. The molecule has 0 radical (unpaired) electrons. The van der Waals surface area contributed by atoms with Gasteiger partial charge in [0.2, 0.25) is 11.0 Å². The van der Waals surface area contributed by atoms with E-state index in [-0.39, 0.29) is 23.3 Å². The molecule has 1 amide bonds. The van der Waals surface area contributed by atoms with Gasteiger partial charge in [-0.3, -0.25) is 14.9 Å². The summed E-state index contributed by atoms with van der Waals surface area (Å²) in [7, 11) is 0. The van der Waals surface area contributed by atoms with Crippen molar-refractivity contribution in [2.45, 2.75) is 31.0 Å². The third kappa shape index (κ3) is 4.46. The number of rotatable bonds is 6. The summed E-state index contributed by atoms with van der Waals surface area (Å²) in [4.78, 5) is 33.1. The number of hydrogen-bond donors (Lipinski definition) is 2. The largest absolute Gasteiger partial charge is 0.371 e. The maximum absolute atomic E-state index is 12.8. The number of carbonyl (C=O) groups excluding carboxylic acids is 1. The summed E-state index contributed by atoms with van der Waals surface area (Å²) in [5.74, 6) is -0.140. The highest BCUT2D eigenvalue weighted by Gasteiger charge is 2.22. The second kappa shape index (κ2) is 9.10. The number of anilines is 1. The van der Waals surface area contributed by atoms with Gasteiger partial charge in [-0.05, 0) is 25.3 Å². The topological polar surface area (TPSA) is 110 Å². The van der Waals surface area contributed by atoms with E-state index in [1.807, 2.05) is 36.6 Å². The zero-order chi connectivity index (χ0) is 22.1. The number of ether oxygens (including phenoxy) is 1. The lowest BCUT2D eigenvalue weighted by Gasteiger charge is -2.03. The number of fused-ring (bicyclic) bond motifs is 1. The van der Waals surface area contributed by atoms with Crippen molar-refractivity contribution in [2.24, 2.45) is 0 Å². The first-order valence-corrected chi connectivity index (χ1v) is 12.7. The molecule has 2 N–H and O–H groups in total. The highest BCUT2D eigenvalue weighted by molar-refractivity contribution is 7.99. The van der Waals surface area contributed by atoms with E-state index >= 15 is 0 Å². The Labute approximate surface area is 195 Å². The van der Waals surface area contributed by atoms with Crippen LogP contribution in [-0.2, 0) is 9.53 Å². The van der Waals surface area contributed by atoms with Crippen LogP contribution in [0.2, 0.25) is 0 Å². The minimum Gasteiger partial charge on any atom is -0.371 e. The Bertz CT molecular complexity index is 1320. The van der Waals surface area contributed by atoms with Gasteiger partial charge in [-0.2, -0.15) is 0 Å². The first kappa shape index (κ1) is 21.3. The molecule has 0 bridgehead atoms. The number of hydrogen-bond acceptors (Lipinski definition) is 9. The Morgan fingerprint density at radius 2 is 2.16 bits per heavy atom. The van der Waals surface area contributed by atoms with Crippen molar-refractivity contribution in [3.63, 3.8) is 0 Å². The monoisotopic (exact) mass is 485 g/mol. The number of nitrogens with one attached hydrogen (secondary N) is 2. The molecule has 4 aromatic rings. The maximum atomic E-state index is 12.8. The number of thiophene rings is 1. The molecule has 11 heteroatoms. The van der Waals surface area contributed by atoms with Gasteiger partial charge < -0.3 is 9.72 Å². The van der Waals surface area contributed by atoms with E-state index < -0.39 is 0 Å². The zero-order valence-corrected chi connectivity index (χ0v) is 19.5. The molecular weight excluding hydrogens is 466 g/mol. The van der Waals surface area contributed by atoms with E-state index in [0.717, 1.165) is 41.1 Å². The summed E-state index contributed by atoms with van der Waals surface area (Å²) in [6.07, 6.45) is 1.91. The molecule has 1 aromatic carbocycles. The fourth-order valence-corrected chi connectivity index (χ4v) is 5.93. The lowest BCUT2D eigenvalue weighted by molar-refractivity contribution is -0.113. The SMILES string of the molecule is Cc1ccc(-c2csc3nc(SCC(=O)Nc4nnc(C5CCCO5)s4)[nH]c(=O)c23)cc1. The highest BCUT2D eigenvalue weighted by atomic mass is 32.2. The number of aromatic amines is 1. The molecule has 1 unspecified atom stereocenters. The fraction of sp³-hybridized carbons (Fsp3) is 0.286. The fourth-order valence-electron chi connectivity index (χ4n) is 3.42. The Hall–Kier alpha value is -2.60. The van der Waals surface area contributed by atoms with E-state index in [1.54, 1.807) is 0 Å². The average molecular weight is 486 g/mol. The number of nitrogens with zero attached hydrogens (tertiary/aromatic N) is 3. The van der Waals surface area contributed by atoms with Crippen molar-refractivity contribution in [2.75, 3.05) is 17.7 Å². The van der Waals surface area contributed by atoms with Gasteiger partial charge in [-0.15, -0.1) is 21.5 Å². The predicted octanol–water partition coefficient (Wildman–Crippen LogP) is 4.39. The summed E-state index contributed by atoms with van der Waals surface area (Å²) in [5.41, 5.74) is 2.80. The molecule has 164 valence electrons. The zero-order valence-electron chi connectivity index (χ0n) is 17.1. The molecule has 1 aliphatic heterocycles. The number of aryl methyl sites for hydroxylation is 1. The van der Waals surface area contributed by atoms with Crippen LogP contribution in [-0.4, -0.2) is 38.4 Å². The quantitative estimate of drug-likeness (QED) is 0.308. The Balaban J connectivity index is 1.26. The number of benzene rings is 1. The van der Waals surface area contributed by atoms with Crippen molar-refractivity contribution in [1.82, 2.24) is 20.2 Å². The summed E-state index contributed by atoms with van der Waals surface area (Å²) in [6.45, 7) is 2.76. The summed E-state index contributed by atoms with van der Waals surface area (Å²) < 4.78 is 5.59. The van der Waals surface area contributed by atoms with Crippen molar-refractivity contribution in [3.8, 4) is 11.1 Å². The number of carbonyl (C=O) groups is 1. The van der Waals surface area contributed by atoms with E-state index in [4.69, 9.17) is 4.74 Å². The minimum absolute atomic E-state index is 0.0240. The van der Waals surface area contributed by atoms with Crippen LogP contribution in [0.4, 0.5) is 5.13 Å². The lowest BCUT2D eigenvalue weighted by atomic mass is 10.1. The van der Waals surface area contributed by atoms with Gasteiger partial charge in [0.25, 0.3) is 5.56 Å². The third-order valence-electron chi connectivity index (χ3n) is 5.02. The third-order valence-corrected chi connectivity index (χ3v) is 7.69. The highest BCUT2D eigenvalue weighted by Crippen LogP contribution is 2.33. The van der Waals surface area contributed by atoms with Crippen LogP contribution in [0.25, 0.3) is 21.3 Å². The first-order valence-electron chi connectivity index (χ1n) is 10.0. The summed E-state index contributed by atoms with van der Waals surface area (Å²) in [5, 5.41) is 15.0. The molecule has 5 rings (SSSR count). The van der Waals surface area contributed by atoms with Crippen LogP contribution in [0.1, 0.15) is 29.5 Å². The van der Waals surface area contributed by atoms with Gasteiger partial charge in [-0.25, -0.2) is 4.98 Å². The van der Waals surface area contributed by atoms with Gasteiger partial charge in [-0.1, -0.05) is 52.9 Å². The molecular formula is C21H19N5O3S3. The molecule has 0 spiro atoms. The van der Waals surface area contributed by atoms with Crippen LogP contribution in [0.5, 0.6) is 0 Å². The summed E-state index contributed by atoms with van der Waals surface area (Å²) in [6, 6.07) is 8.04. The molecule has 8 nitrogen and oxygen atoms in total. The van der Waals surface area contributed by atoms with Gasteiger partial charge in [0.05, 0.1) is 11.1 Å². The van der Waals surface area contributed by atoms with Crippen LogP contribution >= 0.6 is 34.4 Å². The minimum atomic E-state index is -0.237. The van der Waals surface area contributed by atoms with Crippen molar-refractivity contribution >= 4 is 55.7 Å². The summed E-state index contributed by atoms with van der Waals surface area (Å²) >= 11 is 3.92. The smallest absolute Gasteiger partial charge is 0.260 e. The van der Waals surface area contributed by atoms with E-state index in [9.17, 15) is 9.59 Å². The lowest BCUT2D eigenvalue weighted by Crippen LogP contribution is -2.15. The van der Waals surface area contributed by atoms with Crippen LogP contribution < -0.4 is 10.9 Å². The molecule has 1 saturated heterocycles. The molecule has 3 aromatic heterocycles. The Kier molecular flexibility index (Phi) is 6.05. The van der Waals surface area contributed by atoms with Crippen molar-refractivity contribution < 1.29 is 9.53 Å².